The molecule has 0 aromatic rings. The van der Waals surface area contributed by atoms with Gasteiger partial charge >= 0.3 is 5.97 Å². The molecule has 1 aliphatic heterocycles. The van der Waals surface area contributed by atoms with Crippen LogP contribution in [-0.2, 0) is 9.53 Å². The second-order valence-corrected chi connectivity index (χ2v) is 3.74. The van der Waals surface area contributed by atoms with E-state index in [-0.39, 0.29) is 11.9 Å². The molecular formula is C9H15NO2. The van der Waals surface area contributed by atoms with Crippen molar-refractivity contribution in [3.05, 3.63) is 0 Å². The molecule has 1 heterocycles. The summed E-state index contributed by atoms with van der Waals surface area (Å²) in [4.78, 5) is 11.3. The van der Waals surface area contributed by atoms with E-state index in [2.05, 4.69) is 5.32 Å². The van der Waals surface area contributed by atoms with E-state index >= 15 is 0 Å². The fourth-order valence-electron chi connectivity index (χ4n) is 2.09. The number of esters is 1. The number of carbonyl (C=O) groups is 1. The third-order valence-corrected chi connectivity index (χ3v) is 2.90. The molecule has 0 unspecified atom stereocenters. The van der Waals surface area contributed by atoms with Crippen molar-refractivity contribution >= 4 is 5.97 Å². The number of methoxy groups -OCH3 is 1. The number of carbonyl (C=O) groups excluding carboxylic acids is 1. The van der Waals surface area contributed by atoms with Gasteiger partial charge in [-0.05, 0) is 31.7 Å². The lowest BCUT2D eigenvalue weighted by molar-refractivity contribution is -0.145. The quantitative estimate of drug-likeness (QED) is 0.613. The molecule has 3 heteroatoms. The summed E-state index contributed by atoms with van der Waals surface area (Å²) in [6, 6.07) is 0.414. The first kappa shape index (κ1) is 8.05. The van der Waals surface area contributed by atoms with Crippen LogP contribution < -0.4 is 5.32 Å². The number of nitrogens with one attached hydrogen (secondary N) is 1. The highest BCUT2D eigenvalue weighted by molar-refractivity contribution is 5.73. The minimum atomic E-state index is -0.0306. The molecule has 1 saturated heterocycles. The van der Waals surface area contributed by atoms with Crippen molar-refractivity contribution in [3.63, 3.8) is 0 Å². The highest BCUT2D eigenvalue weighted by Gasteiger charge is 2.42. The van der Waals surface area contributed by atoms with Crippen LogP contribution in [0.5, 0.6) is 0 Å². The van der Waals surface area contributed by atoms with Crippen LogP contribution in [0, 0.1) is 11.8 Å². The number of hydrogen-bond acceptors (Lipinski definition) is 3. The number of rotatable bonds is 2. The van der Waals surface area contributed by atoms with E-state index in [4.69, 9.17) is 4.74 Å². The SMILES string of the molecule is COC(=O)[C@@H]1CCN[C@H]1C1CC1. The van der Waals surface area contributed by atoms with E-state index < -0.39 is 0 Å². The van der Waals surface area contributed by atoms with E-state index in [9.17, 15) is 4.79 Å². The molecule has 0 bridgehead atoms. The van der Waals surface area contributed by atoms with Crippen LogP contribution in [-0.4, -0.2) is 25.7 Å². The molecule has 3 nitrogen and oxygen atoms in total. The second kappa shape index (κ2) is 3.05. The molecular weight excluding hydrogens is 154 g/mol. The van der Waals surface area contributed by atoms with E-state index in [0.717, 1.165) is 18.9 Å². The second-order valence-electron chi connectivity index (χ2n) is 3.74. The van der Waals surface area contributed by atoms with Gasteiger partial charge in [-0.2, -0.15) is 0 Å². The molecule has 2 atom stereocenters. The Kier molecular flexibility index (Phi) is 2.05. The highest BCUT2D eigenvalue weighted by atomic mass is 16.5. The van der Waals surface area contributed by atoms with Gasteiger partial charge in [0.1, 0.15) is 0 Å². The average molecular weight is 169 g/mol. The minimum Gasteiger partial charge on any atom is -0.469 e. The first-order valence-electron chi connectivity index (χ1n) is 4.64. The summed E-state index contributed by atoms with van der Waals surface area (Å²) in [6.07, 6.45) is 3.52. The summed E-state index contributed by atoms with van der Waals surface area (Å²) in [7, 11) is 1.48. The summed E-state index contributed by atoms with van der Waals surface area (Å²) < 4.78 is 4.76. The summed E-state index contributed by atoms with van der Waals surface area (Å²) in [5, 5.41) is 3.38. The van der Waals surface area contributed by atoms with Gasteiger partial charge < -0.3 is 10.1 Å². The van der Waals surface area contributed by atoms with Crippen molar-refractivity contribution in [3.8, 4) is 0 Å². The maximum absolute atomic E-state index is 11.3. The highest BCUT2D eigenvalue weighted by Crippen LogP contribution is 2.38. The van der Waals surface area contributed by atoms with Gasteiger partial charge in [-0.3, -0.25) is 4.79 Å². The van der Waals surface area contributed by atoms with Crippen LogP contribution in [0.3, 0.4) is 0 Å². The molecule has 2 rings (SSSR count). The van der Waals surface area contributed by atoms with Gasteiger partial charge in [-0.1, -0.05) is 0 Å². The third kappa shape index (κ3) is 1.33. The van der Waals surface area contributed by atoms with Crippen molar-refractivity contribution in [1.29, 1.82) is 0 Å². The van der Waals surface area contributed by atoms with Crippen molar-refractivity contribution in [1.82, 2.24) is 5.32 Å². The lowest BCUT2D eigenvalue weighted by atomic mass is 9.97. The van der Waals surface area contributed by atoms with Gasteiger partial charge in [-0.15, -0.1) is 0 Å². The molecule has 0 radical (unpaired) electrons. The van der Waals surface area contributed by atoms with Gasteiger partial charge in [0.25, 0.3) is 0 Å². The van der Waals surface area contributed by atoms with Crippen molar-refractivity contribution in [2.75, 3.05) is 13.7 Å². The zero-order valence-electron chi connectivity index (χ0n) is 7.38. The van der Waals surface area contributed by atoms with E-state index in [1.165, 1.54) is 20.0 Å². The summed E-state index contributed by atoms with van der Waals surface area (Å²) in [5.41, 5.74) is 0. The fraction of sp³-hybridized carbons (Fsp3) is 0.889. The first-order valence-corrected chi connectivity index (χ1v) is 4.64. The zero-order chi connectivity index (χ0) is 8.55. The van der Waals surface area contributed by atoms with Gasteiger partial charge in [0.2, 0.25) is 0 Å². The van der Waals surface area contributed by atoms with Crippen LogP contribution in [0.1, 0.15) is 19.3 Å². The van der Waals surface area contributed by atoms with Crippen LogP contribution in [0.15, 0.2) is 0 Å². The standard InChI is InChI=1S/C9H15NO2/c1-12-9(11)7-4-5-10-8(7)6-2-3-6/h6-8,10H,2-5H2,1H3/t7-,8+/m1/s1. The Balaban J connectivity index is 1.98. The Bertz CT molecular complexity index is 189. The lowest BCUT2D eigenvalue weighted by Gasteiger charge is -2.16. The molecule has 2 fully saturated rings. The normalized spacial score (nSPS) is 35.1. The lowest BCUT2D eigenvalue weighted by Crippen LogP contribution is -2.33. The molecule has 0 aromatic heterocycles. The smallest absolute Gasteiger partial charge is 0.310 e. The molecule has 0 spiro atoms. The van der Waals surface area contributed by atoms with E-state index in [0.29, 0.717) is 6.04 Å². The fourth-order valence-corrected chi connectivity index (χ4v) is 2.09. The van der Waals surface area contributed by atoms with E-state index in [1.807, 2.05) is 0 Å². The summed E-state index contributed by atoms with van der Waals surface area (Å²) in [6.45, 7) is 0.973. The first-order chi connectivity index (χ1) is 5.83. The predicted molar refractivity (Wildman–Crippen MR) is 44.6 cm³/mol. The van der Waals surface area contributed by atoms with Crippen LogP contribution >= 0.6 is 0 Å². The molecule has 2 aliphatic rings. The third-order valence-electron chi connectivity index (χ3n) is 2.90. The van der Waals surface area contributed by atoms with Crippen molar-refractivity contribution in [2.24, 2.45) is 11.8 Å². The monoisotopic (exact) mass is 169 g/mol. The molecule has 1 aliphatic carbocycles. The Hall–Kier alpha value is -0.570. The average Bonchev–Trinajstić information content (AvgIpc) is 2.83. The Morgan fingerprint density at radius 2 is 2.17 bits per heavy atom. The summed E-state index contributed by atoms with van der Waals surface area (Å²) in [5.74, 6) is 0.844. The van der Waals surface area contributed by atoms with Gasteiger partial charge in [-0.25, -0.2) is 0 Å². The largest absolute Gasteiger partial charge is 0.469 e. The Morgan fingerprint density at radius 1 is 1.42 bits per heavy atom. The van der Waals surface area contributed by atoms with Crippen LogP contribution in [0.4, 0.5) is 0 Å². The Morgan fingerprint density at radius 3 is 2.75 bits per heavy atom. The number of ether oxygens (including phenoxy) is 1. The van der Waals surface area contributed by atoms with Crippen molar-refractivity contribution in [2.45, 2.75) is 25.3 Å². The predicted octanol–water partition coefficient (Wildman–Crippen LogP) is 0.547. The molecule has 68 valence electrons. The van der Waals surface area contributed by atoms with Gasteiger partial charge in [0.05, 0.1) is 13.0 Å². The Labute approximate surface area is 72.5 Å². The van der Waals surface area contributed by atoms with Crippen molar-refractivity contribution < 1.29 is 9.53 Å². The van der Waals surface area contributed by atoms with E-state index in [1.54, 1.807) is 0 Å². The molecule has 1 saturated carbocycles. The van der Waals surface area contributed by atoms with Crippen LogP contribution in [0.2, 0.25) is 0 Å². The van der Waals surface area contributed by atoms with Gasteiger partial charge in [0, 0.05) is 6.04 Å². The molecule has 0 aromatic carbocycles. The number of hydrogen-bond donors (Lipinski definition) is 1. The molecule has 12 heavy (non-hydrogen) atoms. The maximum atomic E-state index is 11.3. The van der Waals surface area contributed by atoms with Gasteiger partial charge in [0.15, 0.2) is 0 Å². The maximum Gasteiger partial charge on any atom is 0.310 e. The topological polar surface area (TPSA) is 38.3 Å². The molecule has 1 N–H and O–H groups in total. The minimum absolute atomic E-state index is 0.0306. The summed E-state index contributed by atoms with van der Waals surface area (Å²) >= 11 is 0. The molecule has 0 amide bonds. The zero-order valence-corrected chi connectivity index (χ0v) is 7.38. The van der Waals surface area contributed by atoms with Crippen LogP contribution in [0.25, 0.3) is 0 Å².